The van der Waals surface area contributed by atoms with Crippen molar-refractivity contribution in [3.63, 3.8) is 0 Å². The maximum absolute atomic E-state index is 13.2. The van der Waals surface area contributed by atoms with E-state index in [9.17, 15) is 9.59 Å². The molecule has 0 radical (unpaired) electrons. The van der Waals surface area contributed by atoms with Crippen molar-refractivity contribution < 1.29 is 19.2 Å². The van der Waals surface area contributed by atoms with Crippen molar-refractivity contribution in [1.29, 1.82) is 0 Å². The van der Waals surface area contributed by atoms with Gasteiger partial charge in [-0.05, 0) is 6.42 Å². The van der Waals surface area contributed by atoms with E-state index in [-0.39, 0.29) is 10.1 Å². The second-order valence-corrected chi connectivity index (χ2v) is 12.6. The summed E-state index contributed by atoms with van der Waals surface area (Å²) in [6.45, 7) is 2.47. The van der Waals surface area contributed by atoms with Crippen molar-refractivity contribution in [3.8, 4) is 0 Å². The van der Waals surface area contributed by atoms with Crippen molar-refractivity contribution in [2.75, 3.05) is 6.61 Å². The number of carbonyl (C=O) groups is 2. The molecule has 1 saturated carbocycles. The number of nitrogens with zero attached hydrogens (tertiary/aromatic N) is 1. The van der Waals surface area contributed by atoms with E-state index >= 15 is 0 Å². The van der Waals surface area contributed by atoms with Gasteiger partial charge in [-0.15, -0.1) is 23.2 Å². The zero-order valence-electron chi connectivity index (χ0n) is 17.3. The first-order valence-electron chi connectivity index (χ1n) is 11.0. The molecule has 2 amide bonds. The molecule has 0 aromatic heterocycles. The van der Waals surface area contributed by atoms with Crippen molar-refractivity contribution in [2.45, 2.75) is 71.7 Å². The molecular formula is C21H23Cl6NO4. The summed E-state index contributed by atoms with van der Waals surface area (Å²) in [4.78, 5) is 28.9. The first kappa shape index (κ1) is 24.2. The Morgan fingerprint density at radius 1 is 0.844 bits per heavy atom. The Bertz CT molecular complexity index is 840. The van der Waals surface area contributed by atoms with Gasteiger partial charge in [0.25, 0.3) is 11.8 Å². The predicted molar refractivity (Wildman–Crippen MR) is 124 cm³/mol. The van der Waals surface area contributed by atoms with Crippen LogP contribution in [0.3, 0.4) is 0 Å². The number of allylic oxidation sites excluding steroid dienone is 2. The summed E-state index contributed by atoms with van der Waals surface area (Å²) in [5.41, 5.74) is 0. The molecule has 0 aromatic carbocycles. The van der Waals surface area contributed by atoms with Crippen LogP contribution in [0.5, 0.6) is 0 Å². The number of fused-ring (bicyclic) bond motifs is 12. The number of alkyl halides is 4. The third kappa shape index (κ3) is 2.69. The highest BCUT2D eigenvalue weighted by atomic mass is 35.5. The average Bonchev–Trinajstić information content (AvgIpc) is 3.45. The van der Waals surface area contributed by atoms with E-state index < -0.39 is 61.8 Å². The van der Waals surface area contributed by atoms with Crippen LogP contribution in [0.2, 0.25) is 0 Å². The van der Waals surface area contributed by atoms with Crippen LogP contribution in [-0.2, 0) is 19.2 Å². The van der Waals surface area contributed by atoms with Crippen LogP contribution in [0, 0.1) is 23.7 Å². The first-order valence-corrected chi connectivity index (χ1v) is 13.3. The Kier molecular flexibility index (Phi) is 6.08. The van der Waals surface area contributed by atoms with Gasteiger partial charge in [-0.2, -0.15) is 5.06 Å². The third-order valence-corrected chi connectivity index (χ3v) is 12.1. The number of hydrogen-bond donors (Lipinski definition) is 0. The molecule has 8 atom stereocenters. The van der Waals surface area contributed by atoms with Crippen molar-refractivity contribution >= 4 is 81.4 Å². The maximum atomic E-state index is 13.2. The summed E-state index contributed by atoms with van der Waals surface area (Å²) < 4.78 is 4.41. The van der Waals surface area contributed by atoms with Gasteiger partial charge in [-0.3, -0.25) is 14.4 Å². The lowest BCUT2D eigenvalue weighted by molar-refractivity contribution is -0.192. The Balaban J connectivity index is 1.34. The van der Waals surface area contributed by atoms with Crippen LogP contribution in [-0.4, -0.2) is 49.8 Å². The molecule has 3 heterocycles. The molecule has 2 aliphatic carbocycles. The second-order valence-electron chi connectivity index (χ2n) is 9.37. The fourth-order valence-corrected chi connectivity index (χ4v) is 9.50. The number of unbranched alkanes of at least 4 members (excludes halogenated alkanes) is 5. The minimum absolute atomic E-state index is 0.0720. The topological polar surface area (TPSA) is 55.8 Å². The summed E-state index contributed by atoms with van der Waals surface area (Å²) >= 11 is 40.2. The number of halogens is 6. The van der Waals surface area contributed by atoms with Crippen LogP contribution < -0.4 is 0 Å². The predicted octanol–water partition coefficient (Wildman–Crippen LogP) is 5.74. The number of ether oxygens (including phenoxy) is 1. The number of amides is 2. The monoisotopic (exact) mass is 563 g/mol. The molecule has 3 aliphatic heterocycles. The molecule has 5 nitrogen and oxygen atoms in total. The molecule has 0 unspecified atom stereocenters. The summed E-state index contributed by atoms with van der Waals surface area (Å²) in [5, 5.41) is 1.05. The largest absolute Gasteiger partial charge is 0.373 e. The van der Waals surface area contributed by atoms with Gasteiger partial charge in [-0.1, -0.05) is 85.4 Å². The summed E-state index contributed by atoms with van der Waals surface area (Å²) in [6, 6.07) is 0. The van der Waals surface area contributed by atoms with E-state index in [1.54, 1.807) is 0 Å². The van der Waals surface area contributed by atoms with Crippen LogP contribution in [0.15, 0.2) is 10.1 Å². The quantitative estimate of drug-likeness (QED) is 0.214. The number of imide groups is 1. The van der Waals surface area contributed by atoms with E-state index in [2.05, 4.69) is 6.92 Å². The van der Waals surface area contributed by atoms with Gasteiger partial charge in [0.1, 0.15) is 9.75 Å². The SMILES string of the molecule is CCCCCCCCON1C(=O)[C@H]2[C@H]3O[C@H]([C@@H]2C1=O)[C@@H]1[C@@H]3[C@]2(Cl)C(Cl)=C(Cl)[C@]1(Cl)C2(Cl)Cl. The fraction of sp³-hybridized carbons (Fsp3) is 0.810. The standard InChI is InChI=1S/C21H23Cl6NO4/c1-2-3-4-5-6-7-8-31-28-17(29)9-10(18(28)30)14-12-11(13(9)32-14)19(24)15(22)16(23)20(12,25)21(19,26)27/h9-14H,2-8H2,1H3/t9-,10-,11+,12+,13-,14-,19+,20+/m1/s1. The lowest BCUT2D eigenvalue weighted by Gasteiger charge is -2.39. The normalized spacial score (nSPS) is 45.4. The van der Waals surface area contributed by atoms with Gasteiger partial charge >= 0.3 is 0 Å². The van der Waals surface area contributed by atoms with E-state index in [0.29, 0.717) is 6.61 Å². The number of carbonyl (C=O) groups excluding carboxylic acids is 2. The molecule has 0 N–H and O–H groups in total. The minimum Gasteiger partial charge on any atom is -0.373 e. The molecule has 5 rings (SSSR count). The highest BCUT2D eigenvalue weighted by molar-refractivity contribution is 6.65. The maximum Gasteiger partial charge on any atom is 0.260 e. The second kappa shape index (κ2) is 8.03. The molecule has 4 bridgehead atoms. The molecule has 5 aliphatic rings. The van der Waals surface area contributed by atoms with Crippen LogP contribution in [0.4, 0.5) is 0 Å². The number of rotatable bonds is 8. The van der Waals surface area contributed by atoms with Crippen LogP contribution >= 0.6 is 69.6 Å². The highest BCUT2D eigenvalue weighted by Gasteiger charge is 2.90. The molecule has 4 fully saturated rings. The van der Waals surface area contributed by atoms with Crippen LogP contribution in [0.25, 0.3) is 0 Å². The summed E-state index contributed by atoms with van der Waals surface area (Å²) in [7, 11) is 0. The van der Waals surface area contributed by atoms with Crippen LogP contribution in [0.1, 0.15) is 45.4 Å². The van der Waals surface area contributed by atoms with E-state index in [1.165, 1.54) is 19.3 Å². The summed E-state index contributed by atoms with van der Waals surface area (Å²) in [5.74, 6) is -3.45. The molecule has 0 spiro atoms. The highest BCUT2D eigenvalue weighted by Crippen LogP contribution is 2.81. The molecule has 0 aromatic rings. The van der Waals surface area contributed by atoms with Crippen molar-refractivity contribution in [2.24, 2.45) is 23.7 Å². The lowest BCUT2D eigenvalue weighted by atomic mass is 9.65. The van der Waals surface area contributed by atoms with E-state index in [4.69, 9.17) is 79.2 Å². The van der Waals surface area contributed by atoms with Crippen molar-refractivity contribution in [1.82, 2.24) is 5.06 Å². The molecular weight excluding hydrogens is 543 g/mol. The Hall–Kier alpha value is 0.540. The minimum atomic E-state index is -1.72. The molecule has 11 heteroatoms. The summed E-state index contributed by atoms with van der Waals surface area (Å²) in [6.07, 6.45) is 5.01. The van der Waals surface area contributed by atoms with Gasteiger partial charge < -0.3 is 4.74 Å². The van der Waals surface area contributed by atoms with Gasteiger partial charge in [0.05, 0.1) is 40.7 Å². The molecule has 32 heavy (non-hydrogen) atoms. The molecule has 3 saturated heterocycles. The Labute approximate surface area is 216 Å². The Morgan fingerprint density at radius 3 is 1.81 bits per heavy atom. The van der Waals surface area contributed by atoms with E-state index in [0.717, 1.165) is 24.3 Å². The lowest BCUT2D eigenvalue weighted by Crippen LogP contribution is -2.50. The van der Waals surface area contributed by atoms with Gasteiger partial charge in [0.2, 0.25) is 0 Å². The fourth-order valence-electron chi connectivity index (χ4n) is 6.44. The first-order chi connectivity index (χ1) is 15.1. The molecule has 178 valence electrons. The van der Waals surface area contributed by atoms with Gasteiger partial charge in [0.15, 0.2) is 4.33 Å². The van der Waals surface area contributed by atoms with Gasteiger partial charge in [0, 0.05) is 11.8 Å². The third-order valence-electron chi connectivity index (χ3n) is 7.86. The van der Waals surface area contributed by atoms with Gasteiger partial charge in [-0.25, -0.2) is 0 Å². The number of hydroxylamine groups is 2. The zero-order valence-corrected chi connectivity index (χ0v) is 21.8. The number of hydrogen-bond acceptors (Lipinski definition) is 4. The Morgan fingerprint density at radius 2 is 1.31 bits per heavy atom. The van der Waals surface area contributed by atoms with Crippen molar-refractivity contribution in [3.05, 3.63) is 10.1 Å². The smallest absolute Gasteiger partial charge is 0.260 e. The average molecular weight is 566 g/mol. The van der Waals surface area contributed by atoms with E-state index in [1.807, 2.05) is 0 Å². The zero-order chi connectivity index (χ0) is 23.2.